The van der Waals surface area contributed by atoms with E-state index in [2.05, 4.69) is 21.2 Å². The van der Waals surface area contributed by atoms with Crippen molar-refractivity contribution in [1.82, 2.24) is 5.32 Å². The number of imide groups is 2. The van der Waals surface area contributed by atoms with Gasteiger partial charge in [-0.25, -0.2) is 9.69 Å². The minimum atomic E-state index is -0.766. The SMILES string of the molecule is CCc1ccc(N2C(=O)NC(=O)/C(=C/c3ccc(OCc4ccc(C)cc4)c(Br)c3)C2=O)cc1. The number of rotatable bonds is 6. The third-order valence-electron chi connectivity index (χ3n) is 5.49. The van der Waals surface area contributed by atoms with Crippen LogP contribution in [0.4, 0.5) is 10.5 Å². The van der Waals surface area contributed by atoms with E-state index in [-0.39, 0.29) is 5.57 Å². The van der Waals surface area contributed by atoms with Gasteiger partial charge in [-0.05, 0) is 76.3 Å². The van der Waals surface area contributed by atoms with Gasteiger partial charge in [0.2, 0.25) is 0 Å². The number of anilines is 1. The molecule has 4 amide bonds. The van der Waals surface area contributed by atoms with Crippen LogP contribution in [0.3, 0.4) is 0 Å². The molecule has 1 fully saturated rings. The molecule has 0 bridgehead atoms. The molecule has 172 valence electrons. The summed E-state index contributed by atoms with van der Waals surface area (Å²) in [6.45, 7) is 4.46. The molecule has 1 aliphatic rings. The first-order valence-electron chi connectivity index (χ1n) is 10.8. The maximum atomic E-state index is 13.1. The Morgan fingerprint density at radius 3 is 2.26 bits per heavy atom. The van der Waals surface area contributed by atoms with Crippen LogP contribution < -0.4 is 15.0 Å². The number of benzene rings is 3. The molecule has 34 heavy (non-hydrogen) atoms. The largest absolute Gasteiger partial charge is 0.488 e. The van der Waals surface area contributed by atoms with E-state index in [1.165, 1.54) is 11.6 Å². The van der Waals surface area contributed by atoms with Crippen molar-refractivity contribution in [3.8, 4) is 5.75 Å². The second-order valence-corrected chi connectivity index (χ2v) is 8.80. The molecule has 0 aromatic heterocycles. The van der Waals surface area contributed by atoms with E-state index < -0.39 is 17.8 Å². The first-order chi connectivity index (χ1) is 16.4. The fourth-order valence-electron chi connectivity index (χ4n) is 3.51. The van der Waals surface area contributed by atoms with Gasteiger partial charge in [-0.3, -0.25) is 14.9 Å². The summed E-state index contributed by atoms with van der Waals surface area (Å²) in [5.41, 5.74) is 4.20. The number of carbonyl (C=O) groups is 3. The number of nitrogens with zero attached hydrogens (tertiary/aromatic N) is 1. The Morgan fingerprint density at radius 1 is 0.941 bits per heavy atom. The van der Waals surface area contributed by atoms with E-state index in [1.54, 1.807) is 30.3 Å². The lowest BCUT2D eigenvalue weighted by Gasteiger charge is -2.26. The zero-order valence-corrected chi connectivity index (χ0v) is 20.4. The third-order valence-corrected chi connectivity index (χ3v) is 6.11. The van der Waals surface area contributed by atoms with Crippen molar-refractivity contribution in [2.75, 3.05) is 4.90 Å². The van der Waals surface area contributed by atoms with Gasteiger partial charge < -0.3 is 4.74 Å². The summed E-state index contributed by atoms with van der Waals surface area (Å²) < 4.78 is 6.57. The van der Waals surface area contributed by atoms with E-state index in [4.69, 9.17) is 4.74 Å². The first kappa shape index (κ1) is 23.4. The van der Waals surface area contributed by atoms with Crippen LogP contribution in [0.15, 0.2) is 76.8 Å². The lowest BCUT2D eigenvalue weighted by Crippen LogP contribution is -2.54. The second-order valence-electron chi connectivity index (χ2n) is 7.94. The number of urea groups is 1. The van der Waals surface area contributed by atoms with E-state index in [9.17, 15) is 14.4 Å². The molecule has 1 aliphatic heterocycles. The Balaban J connectivity index is 1.54. The lowest BCUT2D eigenvalue weighted by atomic mass is 10.1. The Hall–Kier alpha value is -3.71. The number of nitrogens with one attached hydrogen (secondary N) is 1. The molecule has 0 saturated carbocycles. The molecular formula is C27H23BrN2O4. The first-order valence-corrected chi connectivity index (χ1v) is 11.6. The van der Waals surface area contributed by atoms with Gasteiger partial charge in [-0.2, -0.15) is 0 Å². The normalized spacial score (nSPS) is 15.0. The van der Waals surface area contributed by atoms with Crippen molar-refractivity contribution >= 4 is 45.5 Å². The molecule has 6 nitrogen and oxygen atoms in total. The summed E-state index contributed by atoms with van der Waals surface area (Å²) in [6, 6.07) is 19.7. The third kappa shape index (κ3) is 5.10. The monoisotopic (exact) mass is 518 g/mol. The number of halogens is 1. The van der Waals surface area contributed by atoms with Crippen molar-refractivity contribution in [1.29, 1.82) is 0 Å². The molecule has 0 unspecified atom stereocenters. The summed E-state index contributed by atoms with van der Waals surface area (Å²) in [5, 5.41) is 2.25. The van der Waals surface area contributed by atoms with Crippen molar-refractivity contribution < 1.29 is 19.1 Å². The summed E-state index contributed by atoms with van der Waals surface area (Å²) in [5.74, 6) is -0.768. The van der Waals surface area contributed by atoms with Gasteiger partial charge in [-0.15, -0.1) is 0 Å². The molecule has 4 rings (SSSR count). The van der Waals surface area contributed by atoms with E-state index in [0.717, 1.165) is 22.4 Å². The van der Waals surface area contributed by atoms with E-state index in [0.29, 0.717) is 28.1 Å². The molecule has 0 aliphatic carbocycles. The Bertz CT molecular complexity index is 1280. The maximum Gasteiger partial charge on any atom is 0.335 e. The van der Waals surface area contributed by atoms with Gasteiger partial charge in [0.1, 0.15) is 17.9 Å². The standard InChI is InChI=1S/C27H23BrN2O4/c1-3-18-8-11-21(12-9-18)30-26(32)22(25(31)29-27(30)33)14-20-10-13-24(23(28)15-20)34-16-19-6-4-17(2)5-7-19/h4-15H,3,16H2,1-2H3,(H,29,31,33)/b22-14-. The summed E-state index contributed by atoms with van der Waals surface area (Å²) in [4.78, 5) is 38.9. The number of carbonyl (C=O) groups excluding carboxylic acids is 3. The molecule has 3 aromatic carbocycles. The molecule has 3 aromatic rings. The molecule has 1 saturated heterocycles. The lowest BCUT2D eigenvalue weighted by molar-refractivity contribution is -0.122. The molecule has 0 atom stereocenters. The van der Waals surface area contributed by atoms with Crippen LogP contribution in [0.2, 0.25) is 0 Å². The number of barbiturate groups is 1. The molecule has 0 spiro atoms. The molecule has 0 radical (unpaired) electrons. The minimum Gasteiger partial charge on any atom is -0.488 e. The van der Waals surface area contributed by atoms with Crippen molar-refractivity contribution in [2.45, 2.75) is 26.9 Å². The average Bonchev–Trinajstić information content (AvgIpc) is 2.82. The average molecular weight is 519 g/mol. The van der Waals surface area contributed by atoms with Gasteiger partial charge in [0.25, 0.3) is 11.8 Å². The van der Waals surface area contributed by atoms with Crippen molar-refractivity contribution in [3.05, 3.63) is 99.0 Å². The summed E-state index contributed by atoms with van der Waals surface area (Å²) in [6.07, 6.45) is 2.30. The van der Waals surface area contributed by atoms with Crippen LogP contribution in [0.1, 0.15) is 29.2 Å². The van der Waals surface area contributed by atoms with Gasteiger partial charge in [-0.1, -0.05) is 55.0 Å². The van der Waals surface area contributed by atoms with Crippen LogP contribution in [-0.4, -0.2) is 17.8 Å². The van der Waals surface area contributed by atoms with Crippen LogP contribution in [0.5, 0.6) is 5.75 Å². The van der Waals surface area contributed by atoms with Gasteiger partial charge in [0.05, 0.1) is 10.2 Å². The highest BCUT2D eigenvalue weighted by atomic mass is 79.9. The van der Waals surface area contributed by atoms with Crippen LogP contribution in [0.25, 0.3) is 6.08 Å². The second kappa shape index (κ2) is 10.1. The van der Waals surface area contributed by atoms with E-state index >= 15 is 0 Å². The fraction of sp³-hybridized carbons (Fsp3) is 0.148. The highest BCUT2D eigenvalue weighted by Crippen LogP contribution is 2.29. The Labute approximate surface area is 206 Å². The predicted octanol–water partition coefficient (Wildman–Crippen LogP) is 5.57. The van der Waals surface area contributed by atoms with E-state index in [1.807, 2.05) is 50.2 Å². The van der Waals surface area contributed by atoms with Gasteiger partial charge >= 0.3 is 6.03 Å². The Kier molecular flexibility index (Phi) is 6.93. The van der Waals surface area contributed by atoms with Crippen molar-refractivity contribution in [2.24, 2.45) is 0 Å². The quantitative estimate of drug-likeness (QED) is 0.342. The molecule has 1 N–H and O–H groups in total. The van der Waals surface area contributed by atoms with Crippen LogP contribution in [-0.2, 0) is 22.6 Å². The van der Waals surface area contributed by atoms with Crippen LogP contribution in [0, 0.1) is 6.92 Å². The number of ether oxygens (including phenoxy) is 1. The zero-order valence-electron chi connectivity index (χ0n) is 18.8. The molecular weight excluding hydrogens is 496 g/mol. The summed E-state index contributed by atoms with van der Waals surface area (Å²) in [7, 11) is 0. The van der Waals surface area contributed by atoms with Crippen molar-refractivity contribution in [3.63, 3.8) is 0 Å². The number of amides is 4. The van der Waals surface area contributed by atoms with Gasteiger partial charge in [0.15, 0.2) is 0 Å². The van der Waals surface area contributed by atoms with Gasteiger partial charge in [0, 0.05) is 0 Å². The topological polar surface area (TPSA) is 75.7 Å². The maximum absolute atomic E-state index is 13.1. The fourth-order valence-corrected chi connectivity index (χ4v) is 4.02. The number of aryl methyl sites for hydroxylation is 2. The molecule has 7 heteroatoms. The summed E-state index contributed by atoms with van der Waals surface area (Å²) >= 11 is 3.49. The smallest absolute Gasteiger partial charge is 0.335 e. The van der Waals surface area contributed by atoms with Crippen LogP contribution >= 0.6 is 15.9 Å². The predicted molar refractivity (Wildman–Crippen MR) is 134 cm³/mol. The number of hydrogen-bond donors (Lipinski definition) is 1. The minimum absolute atomic E-state index is 0.126. The zero-order chi connectivity index (χ0) is 24.2. The highest BCUT2D eigenvalue weighted by molar-refractivity contribution is 9.10. The Morgan fingerprint density at radius 2 is 1.62 bits per heavy atom. The highest BCUT2D eigenvalue weighted by Gasteiger charge is 2.36. The number of hydrogen-bond acceptors (Lipinski definition) is 4. The molecule has 1 heterocycles.